The van der Waals surface area contributed by atoms with Crippen LogP contribution in [0.5, 0.6) is 0 Å². The smallest absolute Gasteiger partial charge is 0.0778 e. The lowest BCUT2D eigenvalue weighted by Crippen LogP contribution is -2.20. The highest BCUT2D eigenvalue weighted by Crippen LogP contribution is 2.69. The number of allylic oxidation sites excluding steroid dienone is 1. The lowest BCUT2D eigenvalue weighted by atomic mass is 9.88. The van der Waals surface area contributed by atoms with E-state index < -0.39 is 0 Å². The zero-order chi connectivity index (χ0) is 10.7. The second-order valence-corrected chi connectivity index (χ2v) is 6.03. The molecular formula is C13H22O. The molecule has 0 bridgehead atoms. The molecule has 0 aromatic heterocycles. The highest BCUT2D eigenvalue weighted by atomic mass is 16.3. The van der Waals surface area contributed by atoms with E-state index in [1.54, 1.807) is 0 Å². The second-order valence-electron chi connectivity index (χ2n) is 6.03. The number of rotatable bonds is 2. The Kier molecular flexibility index (Phi) is 2.08. The van der Waals surface area contributed by atoms with Crippen LogP contribution in [0.4, 0.5) is 0 Å². The van der Waals surface area contributed by atoms with E-state index in [1.165, 1.54) is 17.6 Å². The topological polar surface area (TPSA) is 20.2 Å². The first-order chi connectivity index (χ1) is 6.37. The molecule has 0 saturated heterocycles. The Labute approximate surface area is 87.2 Å². The van der Waals surface area contributed by atoms with Crippen molar-refractivity contribution in [1.29, 1.82) is 0 Å². The van der Waals surface area contributed by atoms with Crippen LogP contribution in [0, 0.1) is 23.2 Å². The molecule has 3 atom stereocenters. The monoisotopic (exact) mass is 194 g/mol. The van der Waals surface area contributed by atoms with Crippen LogP contribution < -0.4 is 0 Å². The Hall–Kier alpha value is -0.300. The van der Waals surface area contributed by atoms with E-state index in [0.29, 0.717) is 17.3 Å². The van der Waals surface area contributed by atoms with Gasteiger partial charge in [0.05, 0.1) is 6.10 Å². The van der Waals surface area contributed by atoms with E-state index in [2.05, 4.69) is 34.6 Å². The molecule has 2 aliphatic rings. The molecule has 0 aromatic carbocycles. The molecule has 0 amide bonds. The van der Waals surface area contributed by atoms with Gasteiger partial charge in [-0.15, -0.1) is 0 Å². The molecule has 2 rings (SSSR count). The third-order valence-corrected chi connectivity index (χ3v) is 4.35. The summed E-state index contributed by atoms with van der Waals surface area (Å²) in [5, 5.41) is 10.2. The summed E-state index contributed by atoms with van der Waals surface area (Å²) < 4.78 is 0. The lowest BCUT2D eigenvalue weighted by molar-refractivity contribution is 0.152. The maximum absolute atomic E-state index is 10.2. The van der Waals surface area contributed by atoms with Crippen molar-refractivity contribution in [3.05, 3.63) is 11.1 Å². The van der Waals surface area contributed by atoms with Gasteiger partial charge in [-0.25, -0.2) is 0 Å². The molecule has 0 aliphatic heterocycles. The van der Waals surface area contributed by atoms with Gasteiger partial charge in [0.1, 0.15) is 0 Å². The summed E-state index contributed by atoms with van der Waals surface area (Å²) in [5.41, 5.74) is 3.29. The van der Waals surface area contributed by atoms with Crippen molar-refractivity contribution < 1.29 is 5.11 Å². The molecule has 0 heterocycles. The van der Waals surface area contributed by atoms with E-state index >= 15 is 0 Å². The van der Waals surface area contributed by atoms with Crippen molar-refractivity contribution in [2.75, 3.05) is 0 Å². The first kappa shape index (κ1) is 10.2. The van der Waals surface area contributed by atoms with Gasteiger partial charge in [0.15, 0.2) is 0 Å². The second kappa shape index (κ2) is 2.85. The molecule has 1 fully saturated rings. The van der Waals surface area contributed by atoms with Crippen molar-refractivity contribution in [2.24, 2.45) is 23.2 Å². The van der Waals surface area contributed by atoms with E-state index in [4.69, 9.17) is 0 Å². The van der Waals surface area contributed by atoms with Gasteiger partial charge in [0.2, 0.25) is 0 Å². The van der Waals surface area contributed by atoms with E-state index in [0.717, 1.165) is 5.92 Å². The molecule has 1 saturated carbocycles. The van der Waals surface area contributed by atoms with Crippen molar-refractivity contribution in [2.45, 2.75) is 47.1 Å². The van der Waals surface area contributed by atoms with E-state index in [-0.39, 0.29) is 6.10 Å². The summed E-state index contributed by atoms with van der Waals surface area (Å²) in [7, 11) is 0. The third-order valence-electron chi connectivity index (χ3n) is 4.35. The fourth-order valence-corrected chi connectivity index (χ4v) is 3.25. The quantitative estimate of drug-likeness (QED) is 0.670. The minimum Gasteiger partial charge on any atom is -0.388 e. The van der Waals surface area contributed by atoms with Crippen LogP contribution in [-0.4, -0.2) is 11.2 Å². The summed E-state index contributed by atoms with van der Waals surface area (Å²) in [6, 6.07) is 0. The Balaban J connectivity index is 2.23. The molecule has 80 valence electrons. The maximum Gasteiger partial charge on any atom is 0.0778 e. The van der Waals surface area contributed by atoms with Gasteiger partial charge < -0.3 is 5.11 Å². The summed E-state index contributed by atoms with van der Waals surface area (Å²) in [4.78, 5) is 0. The molecule has 0 unspecified atom stereocenters. The van der Waals surface area contributed by atoms with E-state index in [1.807, 2.05) is 0 Å². The maximum atomic E-state index is 10.2. The highest BCUT2D eigenvalue weighted by Gasteiger charge is 2.63. The number of hydrogen-bond donors (Lipinski definition) is 1. The molecule has 1 heteroatoms. The van der Waals surface area contributed by atoms with E-state index in [9.17, 15) is 5.11 Å². The standard InChI is InChI=1S/C13H22O/c1-7(2)12(14)10-8(3)6-9-11(10)13(9,4)5/h7,9,11-12,14H,6H2,1-5H3/t9-,11-,12+/m0/s1. The molecule has 0 aromatic rings. The van der Waals surface area contributed by atoms with Gasteiger partial charge in [-0.3, -0.25) is 0 Å². The van der Waals surface area contributed by atoms with Crippen LogP contribution in [0.2, 0.25) is 0 Å². The summed E-state index contributed by atoms with van der Waals surface area (Å²) in [6.45, 7) is 11.1. The highest BCUT2D eigenvalue weighted by molar-refractivity contribution is 5.38. The molecule has 2 aliphatic carbocycles. The zero-order valence-electron chi connectivity index (χ0n) is 9.96. The van der Waals surface area contributed by atoms with Gasteiger partial charge in [-0.2, -0.15) is 0 Å². The van der Waals surface area contributed by atoms with Crippen molar-refractivity contribution >= 4 is 0 Å². The predicted molar refractivity (Wildman–Crippen MR) is 58.9 cm³/mol. The predicted octanol–water partition coefficient (Wildman–Crippen LogP) is 3.00. The Morgan fingerprint density at radius 1 is 1.36 bits per heavy atom. The third kappa shape index (κ3) is 1.18. The fraction of sp³-hybridized carbons (Fsp3) is 0.846. The Bertz CT molecular complexity index is 286. The first-order valence-electron chi connectivity index (χ1n) is 5.75. The lowest BCUT2D eigenvalue weighted by Gasteiger charge is -2.21. The minimum atomic E-state index is -0.202. The van der Waals surface area contributed by atoms with Crippen molar-refractivity contribution in [3.8, 4) is 0 Å². The SMILES string of the molecule is CC1=C([C@H](O)C(C)C)[C@@H]2[C@H](C1)C2(C)C. The molecular weight excluding hydrogens is 172 g/mol. The number of aliphatic hydroxyl groups excluding tert-OH is 1. The largest absolute Gasteiger partial charge is 0.388 e. The van der Waals surface area contributed by atoms with Gasteiger partial charge in [0.25, 0.3) is 0 Å². The van der Waals surface area contributed by atoms with Gasteiger partial charge in [-0.1, -0.05) is 33.3 Å². The minimum absolute atomic E-state index is 0.202. The van der Waals surface area contributed by atoms with Crippen LogP contribution >= 0.6 is 0 Å². The Morgan fingerprint density at radius 3 is 2.36 bits per heavy atom. The average molecular weight is 194 g/mol. The average Bonchev–Trinajstić information content (AvgIpc) is 2.43. The first-order valence-corrected chi connectivity index (χ1v) is 5.75. The van der Waals surface area contributed by atoms with Crippen molar-refractivity contribution in [1.82, 2.24) is 0 Å². The number of hydrogen-bond acceptors (Lipinski definition) is 1. The number of aliphatic hydroxyl groups is 1. The van der Waals surface area contributed by atoms with Crippen LogP contribution in [-0.2, 0) is 0 Å². The van der Waals surface area contributed by atoms with Gasteiger partial charge >= 0.3 is 0 Å². The van der Waals surface area contributed by atoms with Crippen LogP contribution in [0.1, 0.15) is 41.0 Å². The van der Waals surface area contributed by atoms with Crippen LogP contribution in [0.3, 0.4) is 0 Å². The normalized spacial score (nSPS) is 36.2. The summed E-state index contributed by atoms with van der Waals surface area (Å²) in [6.07, 6.45) is 1.02. The molecule has 1 N–H and O–H groups in total. The van der Waals surface area contributed by atoms with Crippen molar-refractivity contribution in [3.63, 3.8) is 0 Å². The molecule has 0 radical (unpaired) electrons. The molecule has 14 heavy (non-hydrogen) atoms. The summed E-state index contributed by atoms with van der Waals surface area (Å²) >= 11 is 0. The zero-order valence-corrected chi connectivity index (χ0v) is 9.96. The Morgan fingerprint density at radius 2 is 1.93 bits per heavy atom. The summed E-state index contributed by atoms with van der Waals surface area (Å²) in [5.74, 6) is 1.86. The van der Waals surface area contributed by atoms with Crippen LogP contribution in [0.25, 0.3) is 0 Å². The molecule has 1 nitrogen and oxygen atoms in total. The number of fused-ring (bicyclic) bond motifs is 1. The van der Waals surface area contributed by atoms with Gasteiger partial charge in [0, 0.05) is 0 Å². The van der Waals surface area contributed by atoms with Crippen LogP contribution in [0.15, 0.2) is 11.1 Å². The fourth-order valence-electron chi connectivity index (χ4n) is 3.25. The van der Waals surface area contributed by atoms with Gasteiger partial charge in [-0.05, 0) is 42.1 Å². The molecule has 0 spiro atoms.